The molecule has 1 saturated carbocycles. The fourth-order valence-corrected chi connectivity index (χ4v) is 5.09. The van der Waals surface area contributed by atoms with Crippen molar-refractivity contribution in [3.8, 4) is 0 Å². The molecule has 0 spiro atoms. The van der Waals surface area contributed by atoms with Crippen LogP contribution in [0.15, 0.2) is 36.4 Å². The molecule has 2 aliphatic rings. The highest BCUT2D eigenvalue weighted by atomic mass is 32.1. The molecule has 3 nitrogen and oxygen atoms in total. The number of hydrogen-bond donors (Lipinski definition) is 1. The first-order chi connectivity index (χ1) is 14.5. The molecule has 0 saturated heterocycles. The molecule has 1 fully saturated rings. The van der Waals surface area contributed by atoms with Gasteiger partial charge in [-0.3, -0.25) is 0 Å². The van der Waals surface area contributed by atoms with E-state index in [4.69, 9.17) is 12.2 Å². The number of rotatable bonds is 5. The summed E-state index contributed by atoms with van der Waals surface area (Å²) in [5.41, 5.74) is 4.33. The zero-order chi connectivity index (χ0) is 21.1. The second-order valence-corrected chi connectivity index (χ2v) is 8.69. The Balaban J connectivity index is 1.55. The Bertz CT molecular complexity index is 891. The van der Waals surface area contributed by atoms with Gasteiger partial charge >= 0.3 is 0 Å². The van der Waals surface area contributed by atoms with E-state index in [0.29, 0.717) is 23.4 Å². The van der Waals surface area contributed by atoms with Crippen LogP contribution in [-0.2, 0) is 13.0 Å². The normalized spacial score (nSPS) is 16.4. The van der Waals surface area contributed by atoms with Crippen LogP contribution in [0.1, 0.15) is 50.2 Å². The number of benzene rings is 2. The summed E-state index contributed by atoms with van der Waals surface area (Å²) in [5, 5.41) is 3.60. The van der Waals surface area contributed by atoms with Crippen LogP contribution in [0.5, 0.6) is 0 Å². The van der Waals surface area contributed by atoms with Gasteiger partial charge in [0.25, 0.3) is 0 Å². The number of aryl methyl sites for hydroxylation is 1. The average molecular weight is 430 g/mol. The number of nitrogens with one attached hydrogen (secondary N) is 1. The third-order valence-corrected chi connectivity index (χ3v) is 6.57. The first-order valence-corrected chi connectivity index (χ1v) is 11.3. The van der Waals surface area contributed by atoms with Crippen molar-refractivity contribution < 1.29 is 8.78 Å². The molecule has 6 heteroatoms. The minimum atomic E-state index is -0.608. The van der Waals surface area contributed by atoms with Crippen molar-refractivity contribution >= 4 is 28.7 Å². The average Bonchev–Trinajstić information content (AvgIpc) is 3.25. The van der Waals surface area contributed by atoms with Crippen molar-refractivity contribution in [3.05, 3.63) is 59.2 Å². The lowest BCUT2D eigenvalue weighted by atomic mass is 9.99. The second-order valence-electron chi connectivity index (χ2n) is 8.30. The van der Waals surface area contributed by atoms with Gasteiger partial charge in [0.05, 0.1) is 0 Å². The van der Waals surface area contributed by atoms with E-state index in [1.807, 2.05) is 0 Å². The van der Waals surface area contributed by atoms with Gasteiger partial charge in [-0.25, -0.2) is 8.78 Å². The minimum Gasteiger partial charge on any atom is -0.372 e. The first-order valence-electron chi connectivity index (χ1n) is 10.9. The van der Waals surface area contributed by atoms with Crippen LogP contribution >= 0.6 is 12.2 Å². The second kappa shape index (κ2) is 9.29. The van der Waals surface area contributed by atoms with Crippen molar-refractivity contribution in [2.24, 2.45) is 0 Å². The number of nitrogens with zero attached hydrogens (tertiary/aromatic N) is 2. The summed E-state index contributed by atoms with van der Waals surface area (Å²) in [6, 6.07) is 10.5. The Labute approximate surface area is 183 Å². The predicted molar refractivity (Wildman–Crippen MR) is 123 cm³/mol. The zero-order valence-corrected chi connectivity index (χ0v) is 18.3. The molecule has 1 aliphatic heterocycles. The van der Waals surface area contributed by atoms with E-state index in [0.717, 1.165) is 38.4 Å². The topological polar surface area (TPSA) is 18.5 Å². The highest BCUT2D eigenvalue weighted by Gasteiger charge is 2.26. The minimum absolute atomic E-state index is 0.351. The number of thiocarbonyl (C=S) groups is 1. The Morgan fingerprint density at radius 2 is 1.83 bits per heavy atom. The molecule has 1 heterocycles. The summed E-state index contributed by atoms with van der Waals surface area (Å²) >= 11 is 5.70. The maximum Gasteiger partial charge on any atom is 0.173 e. The highest BCUT2D eigenvalue weighted by molar-refractivity contribution is 7.80. The number of fused-ring (bicyclic) bond motifs is 1. The van der Waals surface area contributed by atoms with Gasteiger partial charge < -0.3 is 15.1 Å². The van der Waals surface area contributed by atoms with E-state index in [1.165, 1.54) is 48.2 Å². The molecule has 2 aromatic carbocycles. The Kier molecular flexibility index (Phi) is 6.52. The number of anilines is 2. The van der Waals surface area contributed by atoms with Gasteiger partial charge in [0.2, 0.25) is 0 Å². The Morgan fingerprint density at radius 1 is 1.10 bits per heavy atom. The van der Waals surface area contributed by atoms with Crippen LogP contribution in [0, 0.1) is 11.6 Å². The quantitative estimate of drug-likeness (QED) is 0.598. The van der Waals surface area contributed by atoms with E-state index in [2.05, 4.69) is 40.2 Å². The molecule has 2 aromatic rings. The van der Waals surface area contributed by atoms with Crippen molar-refractivity contribution in [3.63, 3.8) is 0 Å². The summed E-state index contributed by atoms with van der Waals surface area (Å²) in [5.74, 6) is -1.22. The van der Waals surface area contributed by atoms with E-state index < -0.39 is 11.6 Å². The Hall–Kier alpha value is -2.21. The zero-order valence-electron chi connectivity index (χ0n) is 17.5. The van der Waals surface area contributed by atoms with Gasteiger partial charge in [0, 0.05) is 43.1 Å². The molecule has 160 valence electrons. The molecule has 1 N–H and O–H groups in total. The third-order valence-electron chi connectivity index (χ3n) is 6.23. The van der Waals surface area contributed by atoms with Crippen LogP contribution in [0.2, 0.25) is 0 Å². The van der Waals surface area contributed by atoms with Crippen molar-refractivity contribution in [1.82, 2.24) is 4.90 Å². The summed E-state index contributed by atoms with van der Waals surface area (Å²) in [6.45, 7) is 5.05. The molecule has 0 bridgehead atoms. The molecule has 0 radical (unpaired) electrons. The molecular formula is C24H29F2N3S. The number of halogens is 2. The lowest BCUT2D eigenvalue weighted by Crippen LogP contribution is -2.41. The van der Waals surface area contributed by atoms with Crippen molar-refractivity contribution in [2.75, 3.05) is 23.3 Å². The smallest absolute Gasteiger partial charge is 0.173 e. The lowest BCUT2D eigenvalue weighted by Gasteiger charge is -2.33. The predicted octanol–water partition coefficient (Wildman–Crippen LogP) is 5.88. The fraction of sp³-hybridized carbons (Fsp3) is 0.458. The molecular weight excluding hydrogens is 400 g/mol. The monoisotopic (exact) mass is 429 g/mol. The van der Waals surface area contributed by atoms with E-state index in [1.54, 1.807) is 0 Å². The Morgan fingerprint density at radius 3 is 2.53 bits per heavy atom. The summed E-state index contributed by atoms with van der Waals surface area (Å²) in [4.78, 5) is 4.63. The van der Waals surface area contributed by atoms with E-state index >= 15 is 0 Å². The highest BCUT2D eigenvalue weighted by Crippen LogP contribution is 2.30. The molecule has 0 aromatic heterocycles. The van der Waals surface area contributed by atoms with Crippen LogP contribution in [-0.4, -0.2) is 29.1 Å². The van der Waals surface area contributed by atoms with Crippen LogP contribution in [0.25, 0.3) is 0 Å². The van der Waals surface area contributed by atoms with Crippen LogP contribution in [0.4, 0.5) is 20.2 Å². The van der Waals surface area contributed by atoms with Gasteiger partial charge in [0.15, 0.2) is 5.11 Å². The molecule has 0 unspecified atom stereocenters. The summed E-state index contributed by atoms with van der Waals surface area (Å²) < 4.78 is 27.2. The molecule has 30 heavy (non-hydrogen) atoms. The molecule has 0 atom stereocenters. The lowest BCUT2D eigenvalue weighted by molar-refractivity contribution is 0.312. The van der Waals surface area contributed by atoms with Gasteiger partial charge in [-0.1, -0.05) is 25.0 Å². The molecule has 4 rings (SSSR count). The molecule has 0 amide bonds. The summed E-state index contributed by atoms with van der Waals surface area (Å²) in [7, 11) is 0. The van der Waals surface area contributed by atoms with Crippen LogP contribution < -0.4 is 10.2 Å². The maximum absolute atomic E-state index is 13.6. The third kappa shape index (κ3) is 4.75. The van der Waals surface area contributed by atoms with Gasteiger partial charge in [-0.05, 0) is 74.2 Å². The molecule has 1 aliphatic carbocycles. The van der Waals surface area contributed by atoms with Crippen molar-refractivity contribution in [1.29, 1.82) is 0 Å². The van der Waals surface area contributed by atoms with Gasteiger partial charge in [0.1, 0.15) is 11.6 Å². The van der Waals surface area contributed by atoms with Crippen molar-refractivity contribution in [2.45, 2.75) is 58.0 Å². The van der Waals surface area contributed by atoms with Gasteiger partial charge in [-0.15, -0.1) is 0 Å². The summed E-state index contributed by atoms with van der Waals surface area (Å²) in [6.07, 6.45) is 6.85. The first kappa shape index (κ1) is 21.0. The standard InChI is InChI=1S/C24H29F2N3S/c1-2-28-11-5-6-18-12-17(9-10-23(18)28)16-29(22-7-3-4-8-22)24(30)27-21-14-19(25)13-20(26)15-21/h9-10,12-15,22H,2-8,11,16H2,1H3,(H,27,30). The van der Waals surface area contributed by atoms with E-state index in [-0.39, 0.29) is 0 Å². The van der Waals surface area contributed by atoms with E-state index in [9.17, 15) is 8.78 Å². The van der Waals surface area contributed by atoms with Gasteiger partial charge in [-0.2, -0.15) is 0 Å². The number of hydrogen-bond acceptors (Lipinski definition) is 2. The van der Waals surface area contributed by atoms with Crippen LogP contribution in [0.3, 0.4) is 0 Å². The SMILES string of the molecule is CCN1CCCc2cc(CN(C(=S)Nc3cc(F)cc(F)c3)C3CCCC3)ccc21. The largest absolute Gasteiger partial charge is 0.372 e. The fourth-order valence-electron chi connectivity index (χ4n) is 4.76. The maximum atomic E-state index is 13.6.